The minimum absolute atomic E-state index is 0.179. The molecule has 3 rings (SSSR count). The van der Waals surface area contributed by atoms with Gasteiger partial charge in [0.2, 0.25) is 11.6 Å². The Balaban J connectivity index is 1.90. The highest BCUT2D eigenvalue weighted by molar-refractivity contribution is 5.53. The molecule has 1 aromatic carbocycles. The van der Waals surface area contributed by atoms with Gasteiger partial charge in [0.15, 0.2) is 11.5 Å². The van der Waals surface area contributed by atoms with Crippen LogP contribution in [0.2, 0.25) is 0 Å². The molecule has 110 valence electrons. The van der Waals surface area contributed by atoms with Crippen LogP contribution in [0.4, 0.5) is 4.39 Å². The SMILES string of the molecule is COc1c(CC2CCCNC2)cc2c(c1F)OCCO2. The zero-order chi connectivity index (χ0) is 13.9. The largest absolute Gasteiger partial charge is 0.493 e. The van der Waals surface area contributed by atoms with Crippen LogP contribution in [0.3, 0.4) is 0 Å². The molecule has 2 heterocycles. The molecule has 1 fully saturated rings. The average molecular weight is 281 g/mol. The predicted molar refractivity (Wildman–Crippen MR) is 73.2 cm³/mol. The van der Waals surface area contributed by atoms with E-state index in [0.29, 0.717) is 30.6 Å². The molecule has 1 aromatic rings. The molecule has 0 spiro atoms. The molecule has 5 heteroatoms. The molecule has 0 amide bonds. The van der Waals surface area contributed by atoms with Crippen molar-refractivity contribution in [3.8, 4) is 17.2 Å². The van der Waals surface area contributed by atoms with Crippen LogP contribution in [0, 0.1) is 11.7 Å². The van der Waals surface area contributed by atoms with Gasteiger partial charge in [-0.15, -0.1) is 0 Å². The molecule has 0 bridgehead atoms. The summed E-state index contributed by atoms with van der Waals surface area (Å²) in [6, 6.07) is 1.87. The van der Waals surface area contributed by atoms with E-state index < -0.39 is 5.82 Å². The lowest BCUT2D eigenvalue weighted by atomic mass is 9.91. The molecule has 0 aliphatic carbocycles. The Kier molecular flexibility index (Phi) is 3.96. The van der Waals surface area contributed by atoms with E-state index in [9.17, 15) is 4.39 Å². The topological polar surface area (TPSA) is 39.7 Å². The van der Waals surface area contributed by atoms with Crippen molar-refractivity contribution >= 4 is 0 Å². The van der Waals surface area contributed by atoms with E-state index in [2.05, 4.69) is 5.32 Å². The van der Waals surface area contributed by atoms with Crippen molar-refractivity contribution in [2.75, 3.05) is 33.4 Å². The first kappa shape index (κ1) is 13.5. The Bertz CT molecular complexity index is 486. The fourth-order valence-corrected chi connectivity index (χ4v) is 2.96. The highest BCUT2D eigenvalue weighted by Crippen LogP contribution is 2.41. The third-order valence-electron chi connectivity index (χ3n) is 3.92. The average Bonchev–Trinajstić information content (AvgIpc) is 2.49. The number of fused-ring (bicyclic) bond motifs is 1. The van der Waals surface area contributed by atoms with E-state index in [1.807, 2.05) is 6.07 Å². The molecule has 1 atom stereocenters. The highest BCUT2D eigenvalue weighted by Gasteiger charge is 2.25. The van der Waals surface area contributed by atoms with Crippen LogP contribution in [-0.2, 0) is 6.42 Å². The second-order valence-electron chi connectivity index (χ2n) is 5.32. The van der Waals surface area contributed by atoms with E-state index in [1.54, 1.807) is 0 Å². The first-order chi connectivity index (χ1) is 9.79. The lowest BCUT2D eigenvalue weighted by molar-refractivity contribution is 0.162. The zero-order valence-corrected chi connectivity index (χ0v) is 11.7. The molecule has 2 aliphatic heterocycles. The lowest BCUT2D eigenvalue weighted by Crippen LogP contribution is -2.31. The number of methoxy groups -OCH3 is 1. The standard InChI is InChI=1S/C15H20FNO3/c1-18-14-11(7-10-3-2-4-17-9-10)8-12-15(13(14)16)20-6-5-19-12/h8,10,17H,2-7,9H2,1H3. The summed E-state index contributed by atoms with van der Waals surface area (Å²) in [5, 5.41) is 3.38. The molecule has 20 heavy (non-hydrogen) atoms. The molecule has 1 N–H and O–H groups in total. The Labute approximate surface area is 118 Å². The fraction of sp³-hybridized carbons (Fsp3) is 0.600. The van der Waals surface area contributed by atoms with Gasteiger partial charge in [0.1, 0.15) is 13.2 Å². The lowest BCUT2D eigenvalue weighted by Gasteiger charge is -2.25. The van der Waals surface area contributed by atoms with E-state index in [1.165, 1.54) is 13.5 Å². The van der Waals surface area contributed by atoms with Crippen LogP contribution in [0.1, 0.15) is 18.4 Å². The third kappa shape index (κ3) is 2.54. The maximum absolute atomic E-state index is 14.4. The van der Waals surface area contributed by atoms with Crippen LogP contribution < -0.4 is 19.5 Å². The van der Waals surface area contributed by atoms with Crippen LogP contribution in [-0.4, -0.2) is 33.4 Å². The van der Waals surface area contributed by atoms with Gasteiger partial charge >= 0.3 is 0 Å². The van der Waals surface area contributed by atoms with Crippen molar-refractivity contribution in [2.45, 2.75) is 19.3 Å². The molecular formula is C15H20FNO3. The Morgan fingerprint density at radius 1 is 1.40 bits per heavy atom. The summed E-state index contributed by atoms with van der Waals surface area (Å²) in [6.45, 7) is 2.88. The van der Waals surface area contributed by atoms with Crippen molar-refractivity contribution in [3.05, 3.63) is 17.4 Å². The first-order valence-electron chi connectivity index (χ1n) is 7.15. The summed E-state index contributed by atoms with van der Waals surface area (Å²) in [6.07, 6.45) is 3.12. The number of rotatable bonds is 3. The molecule has 0 radical (unpaired) electrons. The van der Waals surface area contributed by atoms with Crippen molar-refractivity contribution in [1.29, 1.82) is 0 Å². The smallest absolute Gasteiger partial charge is 0.210 e. The summed E-state index contributed by atoms with van der Waals surface area (Å²) in [5.41, 5.74) is 0.864. The number of halogens is 1. The van der Waals surface area contributed by atoms with Crippen molar-refractivity contribution < 1.29 is 18.6 Å². The van der Waals surface area contributed by atoms with Crippen molar-refractivity contribution in [3.63, 3.8) is 0 Å². The number of nitrogens with one attached hydrogen (secondary N) is 1. The van der Waals surface area contributed by atoms with Crippen molar-refractivity contribution in [2.24, 2.45) is 5.92 Å². The van der Waals surface area contributed by atoms with Crippen LogP contribution in [0.5, 0.6) is 17.2 Å². The summed E-state index contributed by atoms with van der Waals surface area (Å²) < 4.78 is 30.5. The van der Waals surface area contributed by atoms with E-state index in [0.717, 1.165) is 31.5 Å². The van der Waals surface area contributed by atoms with Gasteiger partial charge in [0.25, 0.3) is 0 Å². The molecule has 2 aliphatic rings. The zero-order valence-electron chi connectivity index (χ0n) is 11.7. The molecule has 1 saturated heterocycles. The van der Waals surface area contributed by atoms with E-state index in [4.69, 9.17) is 14.2 Å². The third-order valence-corrected chi connectivity index (χ3v) is 3.92. The predicted octanol–water partition coefficient (Wildman–Crippen LogP) is 2.15. The van der Waals surface area contributed by atoms with Gasteiger partial charge < -0.3 is 19.5 Å². The quantitative estimate of drug-likeness (QED) is 0.921. The highest BCUT2D eigenvalue weighted by atomic mass is 19.1. The van der Waals surface area contributed by atoms with E-state index in [-0.39, 0.29) is 5.75 Å². The van der Waals surface area contributed by atoms with Crippen molar-refractivity contribution in [1.82, 2.24) is 5.32 Å². The van der Waals surface area contributed by atoms with Gasteiger partial charge in [0, 0.05) is 5.56 Å². The van der Waals surface area contributed by atoms with Crippen LogP contribution in [0.25, 0.3) is 0 Å². The second-order valence-corrected chi connectivity index (χ2v) is 5.32. The number of benzene rings is 1. The second kappa shape index (κ2) is 5.87. The molecule has 0 aromatic heterocycles. The maximum atomic E-state index is 14.4. The maximum Gasteiger partial charge on any atom is 0.210 e. The molecule has 4 nitrogen and oxygen atoms in total. The van der Waals surface area contributed by atoms with E-state index >= 15 is 0 Å². The van der Waals surface area contributed by atoms with Gasteiger partial charge in [-0.1, -0.05) is 0 Å². The Morgan fingerprint density at radius 3 is 3.00 bits per heavy atom. The fourth-order valence-electron chi connectivity index (χ4n) is 2.96. The summed E-state index contributed by atoms with van der Waals surface area (Å²) >= 11 is 0. The number of ether oxygens (including phenoxy) is 3. The Hall–Kier alpha value is -1.49. The van der Waals surface area contributed by atoms with Crippen LogP contribution >= 0.6 is 0 Å². The van der Waals surface area contributed by atoms with Gasteiger partial charge in [-0.3, -0.25) is 0 Å². The minimum Gasteiger partial charge on any atom is -0.493 e. The molecule has 0 saturated carbocycles. The summed E-state index contributed by atoms with van der Waals surface area (Å²) in [4.78, 5) is 0. The van der Waals surface area contributed by atoms with Gasteiger partial charge in [-0.25, -0.2) is 0 Å². The number of hydrogen-bond acceptors (Lipinski definition) is 4. The summed E-state index contributed by atoms with van der Waals surface area (Å²) in [5.74, 6) is 1.04. The minimum atomic E-state index is -0.441. The van der Waals surface area contributed by atoms with Gasteiger partial charge in [-0.05, 0) is 44.3 Å². The Morgan fingerprint density at radius 2 is 2.25 bits per heavy atom. The molecular weight excluding hydrogens is 261 g/mol. The molecule has 1 unspecified atom stereocenters. The normalized spacial score (nSPS) is 21.6. The number of piperidine rings is 1. The monoisotopic (exact) mass is 281 g/mol. The number of hydrogen-bond donors (Lipinski definition) is 1. The van der Waals surface area contributed by atoms with Crippen LogP contribution in [0.15, 0.2) is 6.07 Å². The summed E-state index contributed by atoms with van der Waals surface area (Å²) in [7, 11) is 1.50. The first-order valence-corrected chi connectivity index (χ1v) is 7.15. The van der Waals surface area contributed by atoms with Gasteiger partial charge in [0.05, 0.1) is 7.11 Å². The van der Waals surface area contributed by atoms with Gasteiger partial charge in [-0.2, -0.15) is 4.39 Å².